The van der Waals surface area contributed by atoms with Gasteiger partial charge >= 0.3 is 0 Å². The Morgan fingerprint density at radius 3 is 2.65 bits per heavy atom. The Hall–Kier alpha value is -2.52. The molecule has 26 heavy (non-hydrogen) atoms. The van der Waals surface area contributed by atoms with Crippen LogP contribution in [-0.2, 0) is 0 Å². The summed E-state index contributed by atoms with van der Waals surface area (Å²) in [5, 5.41) is 17.0. The number of rotatable bonds is 5. The summed E-state index contributed by atoms with van der Waals surface area (Å²) >= 11 is 1.64. The normalized spacial score (nSPS) is 16.3. The molecule has 1 aliphatic heterocycles. The number of hydrogen-bond acceptors (Lipinski definition) is 7. The second-order valence-corrected chi connectivity index (χ2v) is 7.04. The molecule has 138 valence electrons. The molecule has 0 bridgehead atoms. The zero-order valence-electron chi connectivity index (χ0n) is 14.7. The van der Waals surface area contributed by atoms with E-state index >= 15 is 0 Å². The van der Waals surface area contributed by atoms with E-state index < -0.39 is 4.92 Å². The fourth-order valence-electron chi connectivity index (χ4n) is 3.17. The van der Waals surface area contributed by atoms with Crippen LogP contribution in [0.15, 0.2) is 29.8 Å². The van der Waals surface area contributed by atoms with Crippen molar-refractivity contribution in [2.24, 2.45) is 0 Å². The van der Waals surface area contributed by atoms with E-state index in [1.165, 1.54) is 13.1 Å². The highest BCUT2D eigenvalue weighted by Gasteiger charge is 2.27. The molecule has 1 atom stereocenters. The van der Waals surface area contributed by atoms with Crippen LogP contribution in [-0.4, -0.2) is 53.9 Å². The van der Waals surface area contributed by atoms with Crippen molar-refractivity contribution < 1.29 is 9.72 Å². The summed E-state index contributed by atoms with van der Waals surface area (Å²) in [7, 11) is 1.50. The Kier molecular flexibility index (Phi) is 5.48. The van der Waals surface area contributed by atoms with Crippen LogP contribution in [0.3, 0.4) is 0 Å². The summed E-state index contributed by atoms with van der Waals surface area (Å²) in [6, 6.07) is 4.88. The van der Waals surface area contributed by atoms with E-state index in [-0.39, 0.29) is 17.6 Å². The lowest BCUT2D eigenvalue weighted by Crippen LogP contribution is -2.47. The van der Waals surface area contributed by atoms with E-state index in [2.05, 4.69) is 22.1 Å². The first-order valence-electron chi connectivity index (χ1n) is 8.40. The fourth-order valence-corrected chi connectivity index (χ4v) is 3.90. The van der Waals surface area contributed by atoms with E-state index in [0.29, 0.717) is 24.3 Å². The smallest absolute Gasteiger partial charge is 0.293 e. The monoisotopic (exact) mass is 375 g/mol. The van der Waals surface area contributed by atoms with E-state index in [1.54, 1.807) is 23.5 Å². The highest BCUT2D eigenvalue weighted by Crippen LogP contribution is 2.31. The van der Waals surface area contributed by atoms with Crippen LogP contribution in [0, 0.1) is 10.1 Å². The van der Waals surface area contributed by atoms with Crippen molar-refractivity contribution in [2.45, 2.75) is 13.0 Å². The van der Waals surface area contributed by atoms with Gasteiger partial charge in [0.05, 0.1) is 11.0 Å². The van der Waals surface area contributed by atoms with Crippen molar-refractivity contribution in [3.8, 4) is 0 Å². The minimum atomic E-state index is -0.424. The summed E-state index contributed by atoms with van der Waals surface area (Å²) < 4.78 is 0. The molecular formula is C17H21N5O3S. The van der Waals surface area contributed by atoms with Crippen molar-refractivity contribution in [1.82, 2.24) is 15.2 Å². The predicted molar refractivity (Wildman–Crippen MR) is 101 cm³/mol. The van der Waals surface area contributed by atoms with Gasteiger partial charge in [-0.3, -0.25) is 19.8 Å². The third-order valence-corrected chi connectivity index (χ3v) is 5.62. The van der Waals surface area contributed by atoms with Gasteiger partial charge in [0.1, 0.15) is 10.7 Å². The van der Waals surface area contributed by atoms with Gasteiger partial charge < -0.3 is 10.2 Å². The first kappa shape index (κ1) is 18.3. The summed E-state index contributed by atoms with van der Waals surface area (Å²) in [6.45, 7) is 5.12. The number of benzene rings is 1. The molecule has 1 unspecified atom stereocenters. The lowest BCUT2D eigenvalue weighted by atomic mass is 10.1. The number of carbonyl (C=O) groups is 1. The molecular weight excluding hydrogens is 354 g/mol. The Balaban J connectivity index is 1.74. The molecule has 1 fully saturated rings. The SMILES string of the molecule is CNC(=O)c1ccc(N2CCN(C(C)c3nccs3)CC2)c([N+](=O)[O-])c1. The van der Waals surface area contributed by atoms with Crippen molar-refractivity contribution in [2.75, 3.05) is 38.1 Å². The number of carbonyl (C=O) groups excluding carboxylic acids is 1. The second-order valence-electron chi connectivity index (χ2n) is 6.11. The van der Waals surface area contributed by atoms with Crippen molar-refractivity contribution in [3.05, 3.63) is 50.5 Å². The molecule has 1 aromatic heterocycles. The van der Waals surface area contributed by atoms with E-state index in [9.17, 15) is 14.9 Å². The molecule has 2 heterocycles. The maximum atomic E-state index is 11.7. The van der Waals surface area contributed by atoms with Gasteiger partial charge in [0.25, 0.3) is 11.6 Å². The average molecular weight is 375 g/mol. The molecule has 0 saturated carbocycles. The molecule has 8 nitrogen and oxygen atoms in total. The van der Waals surface area contributed by atoms with E-state index in [4.69, 9.17) is 0 Å². The number of nitro groups is 1. The molecule has 3 rings (SSSR count). The Morgan fingerprint density at radius 1 is 1.35 bits per heavy atom. The van der Waals surface area contributed by atoms with Gasteiger partial charge in [-0.25, -0.2) is 4.98 Å². The number of aromatic nitrogens is 1. The van der Waals surface area contributed by atoms with Crippen LogP contribution in [0.5, 0.6) is 0 Å². The molecule has 1 aliphatic rings. The van der Waals surface area contributed by atoms with Crippen molar-refractivity contribution in [1.29, 1.82) is 0 Å². The van der Waals surface area contributed by atoms with Crippen molar-refractivity contribution >= 4 is 28.6 Å². The van der Waals surface area contributed by atoms with Gasteiger partial charge in [0, 0.05) is 56.4 Å². The van der Waals surface area contributed by atoms with E-state index in [0.717, 1.165) is 18.1 Å². The van der Waals surface area contributed by atoms with Crippen LogP contribution in [0.1, 0.15) is 28.3 Å². The number of hydrogen-bond donors (Lipinski definition) is 1. The number of nitrogens with zero attached hydrogens (tertiary/aromatic N) is 4. The topological polar surface area (TPSA) is 91.6 Å². The Bertz CT molecular complexity index is 788. The molecule has 0 radical (unpaired) electrons. The zero-order valence-corrected chi connectivity index (χ0v) is 15.5. The fraction of sp³-hybridized carbons (Fsp3) is 0.412. The maximum absolute atomic E-state index is 11.7. The minimum absolute atomic E-state index is 0.0347. The quantitative estimate of drug-likeness (QED) is 0.637. The molecule has 1 amide bonds. The maximum Gasteiger partial charge on any atom is 0.293 e. The Morgan fingerprint density at radius 2 is 2.08 bits per heavy atom. The molecule has 1 saturated heterocycles. The van der Waals surface area contributed by atoms with Crippen LogP contribution in [0.4, 0.5) is 11.4 Å². The van der Waals surface area contributed by atoms with Gasteiger partial charge in [-0.1, -0.05) is 0 Å². The van der Waals surface area contributed by atoms with Gasteiger partial charge in [-0.2, -0.15) is 0 Å². The van der Waals surface area contributed by atoms with Gasteiger partial charge in [-0.15, -0.1) is 11.3 Å². The molecule has 2 aromatic rings. The number of piperazine rings is 1. The first-order valence-corrected chi connectivity index (χ1v) is 9.28. The lowest BCUT2D eigenvalue weighted by molar-refractivity contribution is -0.384. The van der Waals surface area contributed by atoms with Crippen LogP contribution in [0.25, 0.3) is 0 Å². The number of thiazole rings is 1. The van der Waals surface area contributed by atoms with E-state index in [1.807, 2.05) is 16.5 Å². The minimum Gasteiger partial charge on any atom is -0.363 e. The number of nitro benzene ring substituents is 1. The van der Waals surface area contributed by atoms with Crippen LogP contribution >= 0.6 is 11.3 Å². The summed E-state index contributed by atoms with van der Waals surface area (Å²) in [4.78, 5) is 31.5. The van der Waals surface area contributed by atoms with Gasteiger partial charge in [0.15, 0.2) is 0 Å². The summed E-state index contributed by atoms with van der Waals surface area (Å²) in [5.41, 5.74) is 0.815. The number of anilines is 1. The van der Waals surface area contributed by atoms with Gasteiger partial charge in [0.2, 0.25) is 0 Å². The zero-order chi connectivity index (χ0) is 18.7. The molecule has 0 aliphatic carbocycles. The first-order chi connectivity index (χ1) is 12.5. The second kappa shape index (κ2) is 7.79. The molecule has 1 N–H and O–H groups in total. The Labute approximate surface area is 155 Å². The van der Waals surface area contributed by atoms with Crippen LogP contribution in [0.2, 0.25) is 0 Å². The highest BCUT2D eigenvalue weighted by atomic mass is 32.1. The van der Waals surface area contributed by atoms with Crippen molar-refractivity contribution in [3.63, 3.8) is 0 Å². The largest absolute Gasteiger partial charge is 0.363 e. The lowest BCUT2D eigenvalue weighted by Gasteiger charge is -2.38. The molecule has 0 spiro atoms. The average Bonchev–Trinajstić information content (AvgIpc) is 3.21. The van der Waals surface area contributed by atoms with Crippen LogP contribution < -0.4 is 10.2 Å². The number of nitrogens with one attached hydrogen (secondary N) is 1. The third-order valence-electron chi connectivity index (χ3n) is 4.67. The summed E-state index contributed by atoms with van der Waals surface area (Å²) in [6.07, 6.45) is 1.81. The third kappa shape index (κ3) is 3.68. The number of amides is 1. The predicted octanol–water partition coefficient (Wildman–Crippen LogP) is 2.29. The summed E-state index contributed by atoms with van der Waals surface area (Å²) in [5.74, 6) is -0.332. The molecule has 9 heteroatoms. The standard InChI is InChI=1S/C17H21N5O3S/c1-12(17-19-5-10-26-17)20-6-8-21(9-7-20)14-4-3-13(16(23)18-2)11-15(14)22(24)25/h3-5,10-12H,6-9H2,1-2H3,(H,18,23). The van der Waals surface area contributed by atoms with Gasteiger partial charge in [-0.05, 0) is 19.1 Å². The highest BCUT2D eigenvalue weighted by molar-refractivity contribution is 7.09. The molecule has 1 aromatic carbocycles.